The van der Waals surface area contributed by atoms with Gasteiger partial charge in [-0.25, -0.2) is 0 Å². The third-order valence-electron chi connectivity index (χ3n) is 5.20. The zero-order valence-corrected chi connectivity index (χ0v) is 13.1. The summed E-state index contributed by atoms with van der Waals surface area (Å²) in [6.07, 6.45) is 5.63. The van der Waals surface area contributed by atoms with Crippen molar-refractivity contribution in [3.05, 3.63) is 0 Å². The summed E-state index contributed by atoms with van der Waals surface area (Å²) in [5.74, 6) is 0. The summed E-state index contributed by atoms with van der Waals surface area (Å²) in [7, 11) is -1.08. The first-order valence-corrected chi connectivity index (χ1v) is 9.44. The second kappa shape index (κ2) is 6.89. The summed E-state index contributed by atoms with van der Waals surface area (Å²) in [6, 6.07) is 0. The van der Waals surface area contributed by atoms with Gasteiger partial charge in [0.15, 0.2) is 0 Å². The van der Waals surface area contributed by atoms with Gasteiger partial charge in [-0.2, -0.15) is 0 Å². The molecule has 0 rings (SSSR count). The summed E-state index contributed by atoms with van der Waals surface area (Å²) in [5.41, 5.74) is 2.98. The van der Waals surface area contributed by atoms with Gasteiger partial charge in [0, 0.05) is 0 Å². The topological polar surface area (TPSA) is 0 Å². The fraction of sp³-hybridized carbons (Fsp3) is 1.00. The van der Waals surface area contributed by atoms with Crippen LogP contribution in [0.25, 0.3) is 0 Å². The molecule has 0 aromatic rings. The predicted molar refractivity (Wildman–Crippen MR) is 78.1 cm³/mol. The standard InChI is InChI=1S/C14H33P/c1-8-12(5)15(11-4,13(6)9-2)14(7)10-3/h12-15H,8-11H2,1-7H3. The molecule has 0 saturated carbocycles. The van der Waals surface area contributed by atoms with Crippen LogP contribution in [0.5, 0.6) is 0 Å². The molecule has 0 spiro atoms. The molecule has 15 heavy (non-hydrogen) atoms. The molecule has 3 atom stereocenters. The van der Waals surface area contributed by atoms with Gasteiger partial charge in [0.2, 0.25) is 0 Å². The fourth-order valence-electron chi connectivity index (χ4n) is 3.64. The van der Waals surface area contributed by atoms with Crippen LogP contribution in [0.1, 0.15) is 67.7 Å². The third kappa shape index (κ3) is 2.96. The van der Waals surface area contributed by atoms with E-state index in [0.717, 1.165) is 17.0 Å². The van der Waals surface area contributed by atoms with Crippen LogP contribution >= 0.6 is 7.26 Å². The van der Waals surface area contributed by atoms with Gasteiger partial charge in [0.25, 0.3) is 0 Å². The van der Waals surface area contributed by atoms with Crippen molar-refractivity contribution in [2.75, 3.05) is 6.16 Å². The molecule has 3 unspecified atom stereocenters. The van der Waals surface area contributed by atoms with Crippen LogP contribution in [-0.4, -0.2) is 23.1 Å². The summed E-state index contributed by atoms with van der Waals surface area (Å²) < 4.78 is 0. The van der Waals surface area contributed by atoms with E-state index in [1.54, 1.807) is 0 Å². The average molecular weight is 232 g/mol. The Morgan fingerprint density at radius 3 is 1.07 bits per heavy atom. The molecule has 0 amide bonds. The SMILES string of the molecule is CCC(C)[PH](CC)(C(C)CC)C(C)CC. The first-order chi connectivity index (χ1) is 7.00. The van der Waals surface area contributed by atoms with Crippen LogP contribution in [-0.2, 0) is 0 Å². The van der Waals surface area contributed by atoms with Crippen molar-refractivity contribution in [3.8, 4) is 0 Å². The molecule has 0 aliphatic rings. The van der Waals surface area contributed by atoms with Crippen LogP contribution in [0.2, 0.25) is 0 Å². The van der Waals surface area contributed by atoms with Gasteiger partial charge >= 0.3 is 98.1 Å². The molecule has 0 bridgehead atoms. The zero-order valence-electron chi connectivity index (χ0n) is 12.1. The van der Waals surface area contributed by atoms with E-state index in [9.17, 15) is 0 Å². The van der Waals surface area contributed by atoms with E-state index in [1.165, 1.54) is 25.4 Å². The molecule has 0 nitrogen and oxygen atoms in total. The Kier molecular flexibility index (Phi) is 7.09. The first-order valence-electron chi connectivity index (χ1n) is 7.00. The van der Waals surface area contributed by atoms with Crippen molar-refractivity contribution in [3.63, 3.8) is 0 Å². The van der Waals surface area contributed by atoms with Gasteiger partial charge in [-0.1, -0.05) is 0 Å². The maximum atomic E-state index is 2.52. The molecule has 0 aromatic heterocycles. The van der Waals surface area contributed by atoms with Crippen LogP contribution in [0, 0.1) is 0 Å². The van der Waals surface area contributed by atoms with Crippen molar-refractivity contribution < 1.29 is 0 Å². The van der Waals surface area contributed by atoms with E-state index in [-0.39, 0.29) is 0 Å². The predicted octanol–water partition coefficient (Wildman–Crippen LogP) is 5.15. The second-order valence-corrected chi connectivity index (χ2v) is 11.3. The van der Waals surface area contributed by atoms with Gasteiger partial charge in [0.1, 0.15) is 0 Å². The van der Waals surface area contributed by atoms with Crippen LogP contribution in [0.4, 0.5) is 0 Å². The van der Waals surface area contributed by atoms with Crippen LogP contribution in [0.15, 0.2) is 0 Å². The number of hydrogen-bond acceptors (Lipinski definition) is 0. The molecule has 0 heterocycles. The summed E-state index contributed by atoms with van der Waals surface area (Å²) >= 11 is 0. The monoisotopic (exact) mass is 232 g/mol. The van der Waals surface area contributed by atoms with Crippen molar-refractivity contribution in [2.24, 2.45) is 0 Å². The second-order valence-electron chi connectivity index (χ2n) is 5.39. The van der Waals surface area contributed by atoms with E-state index < -0.39 is 7.26 Å². The van der Waals surface area contributed by atoms with E-state index >= 15 is 0 Å². The minimum atomic E-state index is -1.08. The van der Waals surface area contributed by atoms with Gasteiger partial charge in [-0.3, -0.25) is 0 Å². The molecule has 0 aliphatic carbocycles. The van der Waals surface area contributed by atoms with Gasteiger partial charge in [0.05, 0.1) is 0 Å². The molecular weight excluding hydrogens is 199 g/mol. The summed E-state index contributed by atoms with van der Waals surface area (Å²) in [4.78, 5) is 0. The first kappa shape index (κ1) is 15.4. The minimum absolute atomic E-state index is 0.993. The molecule has 0 aliphatic heterocycles. The van der Waals surface area contributed by atoms with E-state index in [0.29, 0.717) is 0 Å². The quantitative estimate of drug-likeness (QED) is 0.532. The fourth-order valence-corrected chi connectivity index (χ4v) is 10.9. The molecule has 1 heteroatoms. The average Bonchev–Trinajstić information content (AvgIpc) is 2.29. The Balaban J connectivity index is 5.09. The maximum absolute atomic E-state index is 2.52. The van der Waals surface area contributed by atoms with Crippen molar-refractivity contribution >= 4 is 7.26 Å². The zero-order chi connectivity index (χ0) is 12.1. The molecule has 94 valence electrons. The Morgan fingerprint density at radius 1 is 0.667 bits per heavy atom. The van der Waals surface area contributed by atoms with E-state index in [4.69, 9.17) is 0 Å². The Morgan fingerprint density at radius 2 is 0.933 bits per heavy atom. The molecule has 0 aromatic carbocycles. The van der Waals surface area contributed by atoms with Crippen molar-refractivity contribution in [1.29, 1.82) is 0 Å². The van der Waals surface area contributed by atoms with Crippen molar-refractivity contribution in [2.45, 2.75) is 84.7 Å². The molecular formula is C14H33P. The molecule has 0 radical (unpaired) electrons. The van der Waals surface area contributed by atoms with Gasteiger partial charge in [-0.05, 0) is 0 Å². The Bertz CT molecular complexity index is 138. The molecule has 0 N–H and O–H groups in total. The van der Waals surface area contributed by atoms with Crippen LogP contribution in [0.3, 0.4) is 0 Å². The third-order valence-corrected chi connectivity index (χ3v) is 13.2. The Labute approximate surface area is 98.6 Å². The summed E-state index contributed by atoms with van der Waals surface area (Å²) in [6.45, 7) is 17.2. The normalized spacial score (nSPS) is 19.7. The van der Waals surface area contributed by atoms with Crippen molar-refractivity contribution in [1.82, 2.24) is 0 Å². The Hall–Kier alpha value is 0.430. The summed E-state index contributed by atoms with van der Waals surface area (Å²) in [5, 5.41) is 0. The van der Waals surface area contributed by atoms with Crippen LogP contribution < -0.4 is 0 Å². The molecule has 0 saturated heterocycles. The van der Waals surface area contributed by atoms with Gasteiger partial charge < -0.3 is 0 Å². The number of rotatable bonds is 7. The van der Waals surface area contributed by atoms with Gasteiger partial charge in [-0.15, -0.1) is 0 Å². The molecule has 0 fully saturated rings. The number of hydrogen-bond donors (Lipinski definition) is 0. The van der Waals surface area contributed by atoms with E-state index in [1.807, 2.05) is 0 Å². The van der Waals surface area contributed by atoms with E-state index in [2.05, 4.69) is 48.5 Å².